The molecule has 0 aliphatic heterocycles. The number of rotatable bonds is 24. The van der Waals surface area contributed by atoms with E-state index in [1.165, 1.54) is 0 Å². The predicted octanol–water partition coefficient (Wildman–Crippen LogP) is -7.79. The van der Waals surface area contributed by atoms with Crippen LogP contribution >= 0.6 is 0 Å². The van der Waals surface area contributed by atoms with E-state index in [4.69, 9.17) is 22.3 Å². The molecule has 53 heavy (non-hydrogen) atoms. The summed E-state index contributed by atoms with van der Waals surface area (Å²) in [4.78, 5) is 115. The third kappa shape index (κ3) is 19.0. The lowest BCUT2D eigenvalue weighted by Gasteiger charge is -2.27. The molecule has 0 aliphatic carbocycles. The Kier molecular flexibility index (Phi) is 21.3. The molecule has 0 saturated heterocycles. The largest absolute Gasteiger partial charge is 0.480 e. The van der Waals surface area contributed by atoms with Crippen LogP contribution in [0, 0.1) is 0 Å². The molecule has 0 bridgehead atoms. The van der Waals surface area contributed by atoms with Gasteiger partial charge in [-0.3, -0.25) is 48.1 Å². The van der Waals surface area contributed by atoms with Crippen molar-refractivity contribution in [1.82, 2.24) is 37.2 Å². The van der Waals surface area contributed by atoms with Crippen LogP contribution in [0.2, 0.25) is 0 Å². The van der Waals surface area contributed by atoms with Crippen LogP contribution in [0.4, 0.5) is 0 Å². The van der Waals surface area contributed by atoms with Crippen LogP contribution in [-0.2, 0) is 43.2 Å². The first-order valence-corrected chi connectivity index (χ1v) is 16.2. The number of guanidine groups is 1. The standard InChI is InChI=1S/C29H51N11O13/c1-12(28(52)53)35-26(50)22(14(3)43)40-24(48)17(7-8-19(30)45)38-27(51)21(13(2)42)39-20(46)10-34-23(47)16(6-5-9-33-29(31)32)37-25(49)18(11-41)36-15(4)44/h12-14,16-18,21-22,41-43H,5-11H2,1-4H3,(H2,30,45)(H,34,47)(H,35,50)(H,36,44)(H,37,49)(H,38,51)(H,39,46)(H,40,48)(H,52,53)(H4,31,32,33)/t12-,13+,14+,16-,17-,18-,21-,22-/m0/s1. The van der Waals surface area contributed by atoms with Gasteiger partial charge in [0.15, 0.2) is 5.96 Å². The van der Waals surface area contributed by atoms with Crippen molar-refractivity contribution in [2.75, 3.05) is 19.7 Å². The lowest BCUT2D eigenvalue weighted by Crippen LogP contribution is -2.61. The number of carbonyl (C=O) groups is 9. The highest BCUT2D eigenvalue weighted by molar-refractivity contribution is 5.97. The molecule has 0 radical (unpaired) electrons. The Morgan fingerprint density at radius 2 is 1.17 bits per heavy atom. The van der Waals surface area contributed by atoms with Crippen molar-refractivity contribution in [2.24, 2.45) is 22.2 Å². The zero-order valence-corrected chi connectivity index (χ0v) is 29.7. The number of aliphatic carboxylic acids is 1. The second-order valence-electron chi connectivity index (χ2n) is 11.8. The van der Waals surface area contributed by atoms with Gasteiger partial charge in [-0.05, 0) is 40.0 Å². The van der Waals surface area contributed by atoms with Crippen molar-refractivity contribution in [3.8, 4) is 0 Å². The summed E-state index contributed by atoms with van der Waals surface area (Å²) in [6, 6.07) is -9.25. The SMILES string of the molecule is CC(=O)N[C@@H](CO)C(=O)N[C@@H](CCCN=C(N)N)C(=O)NCC(=O)N[C@H](C(=O)N[C@@H](CCC(N)=O)C(=O)N[C@H](C(=O)N[C@@H](C)C(=O)O)[C@@H](C)O)[C@@H](C)O. The number of amides is 8. The number of carboxylic acid groups (broad SMARTS) is 1. The van der Waals surface area contributed by atoms with Crippen molar-refractivity contribution in [3.05, 3.63) is 0 Å². The molecule has 24 nitrogen and oxygen atoms in total. The van der Waals surface area contributed by atoms with Crippen molar-refractivity contribution >= 4 is 59.2 Å². The second-order valence-corrected chi connectivity index (χ2v) is 11.8. The van der Waals surface area contributed by atoms with Crippen LogP contribution in [0.25, 0.3) is 0 Å². The van der Waals surface area contributed by atoms with E-state index in [-0.39, 0.29) is 25.3 Å². The summed E-state index contributed by atoms with van der Waals surface area (Å²) >= 11 is 0. The van der Waals surface area contributed by atoms with Crippen molar-refractivity contribution in [2.45, 2.75) is 102 Å². The molecule has 24 heteroatoms. The quantitative estimate of drug-likeness (QED) is 0.0247. The first kappa shape index (κ1) is 47.4. The topological polar surface area (TPSA) is 409 Å². The normalized spacial score (nSPS) is 15.2. The summed E-state index contributed by atoms with van der Waals surface area (Å²) in [7, 11) is 0. The van der Waals surface area contributed by atoms with Gasteiger partial charge in [-0.2, -0.15) is 0 Å². The van der Waals surface area contributed by atoms with Gasteiger partial charge in [-0.1, -0.05) is 0 Å². The van der Waals surface area contributed by atoms with E-state index in [0.29, 0.717) is 0 Å². The number of hydrogen-bond donors (Lipinski definition) is 14. The number of carboxylic acids is 1. The maximum absolute atomic E-state index is 13.2. The molecule has 0 aromatic heterocycles. The maximum Gasteiger partial charge on any atom is 0.325 e. The first-order valence-electron chi connectivity index (χ1n) is 16.2. The molecule has 0 spiro atoms. The second kappa shape index (κ2) is 23.8. The van der Waals surface area contributed by atoms with Gasteiger partial charge in [-0.15, -0.1) is 0 Å². The average Bonchev–Trinajstić information content (AvgIpc) is 3.05. The molecule has 17 N–H and O–H groups in total. The van der Waals surface area contributed by atoms with Crippen LogP contribution in [0.1, 0.15) is 53.4 Å². The van der Waals surface area contributed by atoms with Crippen LogP contribution in [-0.4, -0.2) is 148 Å². The van der Waals surface area contributed by atoms with E-state index >= 15 is 0 Å². The Balaban J connectivity index is 5.84. The van der Waals surface area contributed by atoms with Gasteiger partial charge in [-0.25, -0.2) is 0 Å². The van der Waals surface area contributed by atoms with Gasteiger partial charge in [0, 0.05) is 19.9 Å². The molecule has 0 aromatic rings. The van der Waals surface area contributed by atoms with Crippen molar-refractivity contribution < 1.29 is 63.6 Å². The predicted molar refractivity (Wildman–Crippen MR) is 182 cm³/mol. The van der Waals surface area contributed by atoms with Gasteiger partial charge in [0.1, 0.15) is 36.3 Å². The number of nitrogens with two attached hydrogens (primary N) is 3. The van der Waals surface area contributed by atoms with Gasteiger partial charge in [0.05, 0.1) is 25.4 Å². The number of aliphatic hydroxyl groups is 3. The molecule has 0 saturated carbocycles. The monoisotopic (exact) mass is 761 g/mol. The Morgan fingerprint density at radius 3 is 1.66 bits per heavy atom. The summed E-state index contributed by atoms with van der Waals surface area (Å²) in [5, 5.41) is 54.3. The molecule has 0 unspecified atom stereocenters. The number of aliphatic hydroxyl groups excluding tert-OH is 3. The Morgan fingerprint density at radius 1 is 0.660 bits per heavy atom. The van der Waals surface area contributed by atoms with Crippen LogP contribution < -0.4 is 54.4 Å². The van der Waals surface area contributed by atoms with E-state index in [1.807, 2.05) is 0 Å². The maximum atomic E-state index is 13.2. The molecule has 8 atom stereocenters. The summed E-state index contributed by atoms with van der Waals surface area (Å²) < 4.78 is 0. The lowest BCUT2D eigenvalue weighted by atomic mass is 10.1. The van der Waals surface area contributed by atoms with Crippen LogP contribution in [0.5, 0.6) is 0 Å². The highest BCUT2D eigenvalue weighted by atomic mass is 16.4. The number of primary amides is 1. The molecule has 0 aromatic carbocycles. The number of nitrogens with one attached hydrogen (secondary N) is 7. The molecule has 8 amide bonds. The van der Waals surface area contributed by atoms with Crippen LogP contribution in [0.3, 0.4) is 0 Å². The van der Waals surface area contributed by atoms with E-state index < -0.39 is 128 Å². The van der Waals surface area contributed by atoms with E-state index in [1.54, 1.807) is 0 Å². The van der Waals surface area contributed by atoms with Crippen molar-refractivity contribution in [3.63, 3.8) is 0 Å². The Bertz CT molecular complexity index is 1360. The summed E-state index contributed by atoms with van der Waals surface area (Å²) in [5.74, 6) is -9.41. The Hall–Kier alpha value is -5.62. The number of carbonyl (C=O) groups excluding carboxylic acids is 8. The fraction of sp³-hybridized carbons (Fsp3) is 0.655. The van der Waals surface area contributed by atoms with Crippen molar-refractivity contribution in [1.29, 1.82) is 0 Å². The third-order valence-corrected chi connectivity index (χ3v) is 7.06. The average molecular weight is 762 g/mol. The minimum Gasteiger partial charge on any atom is -0.480 e. The highest BCUT2D eigenvalue weighted by Crippen LogP contribution is 2.05. The third-order valence-electron chi connectivity index (χ3n) is 7.06. The zero-order valence-electron chi connectivity index (χ0n) is 29.7. The Labute approximate surface area is 303 Å². The highest BCUT2D eigenvalue weighted by Gasteiger charge is 2.34. The zero-order chi connectivity index (χ0) is 41.0. The summed E-state index contributed by atoms with van der Waals surface area (Å²) in [6.45, 7) is 2.90. The molecular formula is C29H51N11O13. The minimum absolute atomic E-state index is 0.0536. The minimum atomic E-state index is -1.77. The summed E-state index contributed by atoms with van der Waals surface area (Å²) in [6.07, 6.45) is -4.01. The first-order chi connectivity index (χ1) is 24.6. The van der Waals surface area contributed by atoms with E-state index in [9.17, 15) is 58.5 Å². The molecule has 0 aliphatic rings. The number of nitrogens with zero attached hydrogens (tertiary/aromatic N) is 1. The van der Waals surface area contributed by atoms with Gasteiger partial charge in [0.25, 0.3) is 0 Å². The number of aliphatic imine (C=N–C) groups is 1. The molecular weight excluding hydrogens is 710 g/mol. The van der Waals surface area contributed by atoms with Gasteiger partial charge in [0.2, 0.25) is 47.3 Å². The lowest BCUT2D eigenvalue weighted by molar-refractivity contribution is -0.142. The van der Waals surface area contributed by atoms with E-state index in [2.05, 4.69) is 42.2 Å². The smallest absolute Gasteiger partial charge is 0.325 e. The molecule has 0 fully saturated rings. The molecule has 0 heterocycles. The van der Waals surface area contributed by atoms with Gasteiger partial charge < -0.3 is 74.8 Å². The molecule has 300 valence electrons. The molecule has 0 rings (SSSR count). The summed E-state index contributed by atoms with van der Waals surface area (Å²) in [5.41, 5.74) is 15.8. The fourth-order valence-electron chi connectivity index (χ4n) is 4.25. The van der Waals surface area contributed by atoms with Crippen LogP contribution in [0.15, 0.2) is 4.99 Å². The fourth-order valence-corrected chi connectivity index (χ4v) is 4.25. The van der Waals surface area contributed by atoms with E-state index in [0.717, 1.165) is 27.7 Å². The van der Waals surface area contributed by atoms with Gasteiger partial charge >= 0.3 is 5.97 Å². The number of hydrogen-bond acceptors (Lipinski definition) is 13.